The van der Waals surface area contributed by atoms with E-state index in [0.717, 1.165) is 30.8 Å². The van der Waals surface area contributed by atoms with E-state index in [4.69, 9.17) is 4.52 Å². The first-order valence-electron chi connectivity index (χ1n) is 4.89. The minimum atomic E-state index is 0.119. The molecule has 76 valence electrons. The fourth-order valence-corrected chi connectivity index (χ4v) is 1.99. The second-order valence-electron chi connectivity index (χ2n) is 3.73. The summed E-state index contributed by atoms with van der Waals surface area (Å²) in [6.07, 6.45) is 2.04. The summed E-state index contributed by atoms with van der Waals surface area (Å²) in [6.45, 7) is 4.31. The van der Waals surface area contributed by atoms with Gasteiger partial charge in [0.15, 0.2) is 0 Å². The van der Waals surface area contributed by atoms with E-state index in [2.05, 4.69) is 5.16 Å². The second kappa shape index (κ2) is 3.44. The zero-order valence-electron chi connectivity index (χ0n) is 8.49. The van der Waals surface area contributed by atoms with Crippen molar-refractivity contribution >= 4 is 5.91 Å². The van der Waals surface area contributed by atoms with Gasteiger partial charge in [-0.25, -0.2) is 0 Å². The van der Waals surface area contributed by atoms with Crippen LogP contribution in [0, 0.1) is 6.92 Å². The molecule has 2 rings (SSSR count). The van der Waals surface area contributed by atoms with Crippen LogP contribution in [0.15, 0.2) is 10.6 Å². The number of nitrogens with zero attached hydrogens (tertiary/aromatic N) is 2. The Morgan fingerprint density at radius 1 is 1.71 bits per heavy atom. The van der Waals surface area contributed by atoms with Crippen molar-refractivity contribution in [2.24, 2.45) is 0 Å². The highest BCUT2D eigenvalue weighted by atomic mass is 16.5. The number of aromatic nitrogens is 1. The van der Waals surface area contributed by atoms with E-state index in [0.29, 0.717) is 0 Å². The third-order valence-corrected chi connectivity index (χ3v) is 2.64. The Morgan fingerprint density at radius 3 is 3.07 bits per heavy atom. The molecule has 1 fully saturated rings. The Hall–Kier alpha value is -1.32. The van der Waals surface area contributed by atoms with Crippen molar-refractivity contribution in [2.45, 2.75) is 32.7 Å². The van der Waals surface area contributed by atoms with Crippen LogP contribution < -0.4 is 0 Å². The van der Waals surface area contributed by atoms with Gasteiger partial charge < -0.3 is 9.42 Å². The minimum absolute atomic E-state index is 0.119. The van der Waals surface area contributed by atoms with E-state index in [-0.39, 0.29) is 11.9 Å². The van der Waals surface area contributed by atoms with Gasteiger partial charge in [0.25, 0.3) is 0 Å². The molecule has 0 bridgehead atoms. The van der Waals surface area contributed by atoms with Gasteiger partial charge >= 0.3 is 0 Å². The molecule has 1 aliphatic rings. The number of carbonyl (C=O) groups is 1. The molecule has 4 heteroatoms. The molecule has 0 spiro atoms. The van der Waals surface area contributed by atoms with Crippen molar-refractivity contribution in [2.75, 3.05) is 6.54 Å². The van der Waals surface area contributed by atoms with Crippen LogP contribution >= 0.6 is 0 Å². The molecule has 0 saturated carbocycles. The smallest absolute Gasteiger partial charge is 0.220 e. The Kier molecular flexibility index (Phi) is 2.27. The highest BCUT2D eigenvalue weighted by Crippen LogP contribution is 2.31. The SMILES string of the molecule is CC(=O)N1CCCC1c1cc(C)on1. The third-order valence-electron chi connectivity index (χ3n) is 2.64. The number of carbonyl (C=O) groups excluding carboxylic acids is 1. The Labute approximate surface area is 82.9 Å². The van der Waals surface area contributed by atoms with Crippen molar-refractivity contribution < 1.29 is 9.32 Å². The number of amides is 1. The lowest BCUT2D eigenvalue weighted by molar-refractivity contribution is -0.129. The molecule has 4 nitrogen and oxygen atoms in total. The second-order valence-corrected chi connectivity index (χ2v) is 3.73. The summed E-state index contributed by atoms with van der Waals surface area (Å²) in [5, 5.41) is 3.96. The summed E-state index contributed by atoms with van der Waals surface area (Å²) < 4.78 is 5.02. The predicted molar refractivity (Wildman–Crippen MR) is 50.6 cm³/mol. The van der Waals surface area contributed by atoms with Crippen LogP contribution in [0.25, 0.3) is 0 Å². The molecule has 1 aromatic rings. The molecule has 2 heterocycles. The van der Waals surface area contributed by atoms with Crippen LogP contribution in [-0.2, 0) is 4.79 Å². The summed E-state index contributed by atoms with van der Waals surface area (Å²) >= 11 is 0. The fourth-order valence-electron chi connectivity index (χ4n) is 1.99. The quantitative estimate of drug-likeness (QED) is 0.683. The first-order chi connectivity index (χ1) is 6.68. The van der Waals surface area contributed by atoms with Crippen LogP contribution in [0.2, 0.25) is 0 Å². The van der Waals surface area contributed by atoms with Crippen LogP contribution in [-0.4, -0.2) is 22.5 Å². The maximum Gasteiger partial charge on any atom is 0.220 e. The van der Waals surface area contributed by atoms with Crippen molar-refractivity contribution in [1.82, 2.24) is 10.1 Å². The average molecular weight is 194 g/mol. The molecular formula is C10H14N2O2. The topological polar surface area (TPSA) is 46.3 Å². The van der Waals surface area contributed by atoms with E-state index in [9.17, 15) is 4.79 Å². The number of rotatable bonds is 1. The largest absolute Gasteiger partial charge is 0.361 e. The molecule has 0 aromatic carbocycles. The van der Waals surface area contributed by atoms with E-state index in [1.54, 1.807) is 6.92 Å². The number of likely N-dealkylation sites (tertiary alicyclic amines) is 1. The maximum atomic E-state index is 11.3. The minimum Gasteiger partial charge on any atom is -0.361 e. The fraction of sp³-hybridized carbons (Fsp3) is 0.600. The van der Waals surface area contributed by atoms with Crippen LogP contribution in [0.5, 0.6) is 0 Å². The summed E-state index contributed by atoms with van der Waals surface area (Å²) in [7, 11) is 0. The van der Waals surface area contributed by atoms with E-state index in [1.807, 2.05) is 17.9 Å². The van der Waals surface area contributed by atoms with Crippen LogP contribution in [0.4, 0.5) is 0 Å². The summed E-state index contributed by atoms with van der Waals surface area (Å²) in [6, 6.07) is 2.04. The summed E-state index contributed by atoms with van der Waals surface area (Å²) in [4.78, 5) is 13.2. The highest BCUT2D eigenvalue weighted by Gasteiger charge is 2.29. The van der Waals surface area contributed by atoms with E-state index >= 15 is 0 Å². The van der Waals surface area contributed by atoms with Crippen molar-refractivity contribution in [1.29, 1.82) is 0 Å². The number of hydrogen-bond acceptors (Lipinski definition) is 3. The van der Waals surface area contributed by atoms with Crippen molar-refractivity contribution in [3.05, 3.63) is 17.5 Å². The highest BCUT2D eigenvalue weighted by molar-refractivity contribution is 5.74. The Bertz CT molecular complexity index is 346. The number of aryl methyl sites for hydroxylation is 1. The van der Waals surface area contributed by atoms with Gasteiger partial charge in [-0.15, -0.1) is 0 Å². The first-order valence-corrected chi connectivity index (χ1v) is 4.89. The normalized spacial score (nSPS) is 21.6. The molecule has 1 atom stereocenters. The predicted octanol–water partition coefficient (Wildman–Crippen LogP) is 1.67. The van der Waals surface area contributed by atoms with Gasteiger partial charge in [0.2, 0.25) is 5.91 Å². The maximum absolute atomic E-state index is 11.3. The van der Waals surface area contributed by atoms with Gasteiger partial charge in [0.1, 0.15) is 11.5 Å². The molecule has 0 radical (unpaired) electrons. The molecule has 1 aromatic heterocycles. The number of hydrogen-bond donors (Lipinski definition) is 0. The molecule has 1 aliphatic heterocycles. The standard InChI is InChI=1S/C10H14N2O2/c1-7-6-9(11-14-7)10-4-3-5-12(10)8(2)13/h6,10H,3-5H2,1-2H3. The van der Waals surface area contributed by atoms with E-state index in [1.165, 1.54) is 0 Å². The van der Waals surface area contributed by atoms with E-state index < -0.39 is 0 Å². The molecule has 14 heavy (non-hydrogen) atoms. The molecule has 0 aliphatic carbocycles. The molecular weight excluding hydrogens is 180 g/mol. The van der Waals surface area contributed by atoms with Crippen molar-refractivity contribution in [3.63, 3.8) is 0 Å². The van der Waals surface area contributed by atoms with Gasteiger partial charge in [-0.1, -0.05) is 5.16 Å². The molecule has 1 amide bonds. The Balaban J connectivity index is 2.21. The summed E-state index contributed by atoms with van der Waals surface area (Å²) in [5.74, 6) is 0.920. The van der Waals surface area contributed by atoms with Gasteiger partial charge in [0.05, 0.1) is 6.04 Å². The average Bonchev–Trinajstić information content (AvgIpc) is 2.70. The van der Waals surface area contributed by atoms with Gasteiger partial charge in [-0.3, -0.25) is 4.79 Å². The lowest BCUT2D eigenvalue weighted by Gasteiger charge is -2.20. The van der Waals surface area contributed by atoms with Gasteiger partial charge in [-0.05, 0) is 19.8 Å². The Morgan fingerprint density at radius 2 is 2.50 bits per heavy atom. The van der Waals surface area contributed by atoms with Crippen LogP contribution in [0.1, 0.15) is 37.3 Å². The monoisotopic (exact) mass is 194 g/mol. The zero-order chi connectivity index (χ0) is 10.1. The van der Waals surface area contributed by atoms with Crippen LogP contribution in [0.3, 0.4) is 0 Å². The first kappa shape index (κ1) is 9.24. The van der Waals surface area contributed by atoms with Crippen molar-refractivity contribution in [3.8, 4) is 0 Å². The molecule has 0 N–H and O–H groups in total. The lowest BCUT2D eigenvalue weighted by atomic mass is 10.1. The lowest BCUT2D eigenvalue weighted by Crippen LogP contribution is -2.28. The van der Waals surface area contributed by atoms with Gasteiger partial charge in [-0.2, -0.15) is 0 Å². The summed E-state index contributed by atoms with van der Waals surface area (Å²) in [5.41, 5.74) is 0.884. The van der Waals surface area contributed by atoms with Gasteiger partial charge in [0, 0.05) is 19.5 Å². The third kappa shape index (κ3) is 1.52. The zero-order valence-corrected chi connectivity index (χ0v) is 8.49. The molecule has 1 saturated heterocycles. The molecule has 1 unspecified atom stereocenters.